The number of rotatable bonds is 4. The minimum absolute atomic E-state index is 0.186. The summed E-state index contributed by atoms with van der Waals surface area (Å²) in [7, 11) is 0. The van der Waals surface area contributed by atoms with Crippen molar-refractivity contribution in [3.63, 3.8) is 0 Å². The number of thioether (sulfide) groups is 1. The summed E-state index contributed by atoms with van der Waals surface area (Å²) in [4.78, 5) is 24.1. The summed E-state index contributed by atoms with van der Waals surface area (Å²) < 4.78 is 0.454. The van der Waals surface area contributed by atoms with Crippen molar-refractivity contribution < 1.29 is 14.7 Å². The molecule has 1 atom stereocenters. The second-order valence-electron chi connectivity index (χ2n) is 3.88. The Morgan fingerprint density at radius 1 is 1.39 bits per heavy atom. The highest BCUT2D eigenvalue weighted by Crippen LogP contribution is 2.30. The lowest BCUT2D eigenvalue weighted by molar-refractivity contribution is -0.139. The molecule has 0 aliphatic carbocycles. The van der Waals surface area contributed by atoms with Crippen molar-refractivity contribution in [1.29, 1.82) is 0 Å². The van der Waals surface area contributed by atoms with Crippen molar-refractivity contribution in [3.05, 3.63) is 35.9 Å². The van der Waals surface area contributed by atoms with Crippen LogP contribution in [0, 0.1) is 0 Å². The normalized spacial score (nSPS) is 19.3. The molecule has 1 aliphatic heterocycles. The van der Waals surface area contributed by atoms with Crippen molar-refractivity contribution in [3.8, 4) is 0 Å². The lowest BCUT2D eigenvalue weighted by Crippen LogP contribution is -2.31. The molecule has 0 unspecified atom stereocenters. The molecule has 1 aromatic carbocycles. The number of carbonyl (C=O) groups excluding carboxylic acids is 1. The molecule has 6 heteroatoms. The number of nitrogens with zero attached hydrogens (tertiary/aromatic N) is 1. The van der Waals surface area contributed by atoms with Crippen molar-refractivity contribution in [2.45, 2.75) is 18.2 Å². The molecule has 1 saturated heterocycles. The molecular weight excluding hydrogens is 270 g/mol. The lowest BCUT2D eigenvalue weighted by Gasteiger charge is -2.15. The van der Waals surface area contributed by atoms with Crippen LogP contribution in [0.5, 0.6) is 0 Å². The van der Waals surface area contributed by atoms with Gasteiger partial charge in [-0.2, -0.15) is 0 Å². The Labute approximate surface area is 114 Å². The Hall–Kier alpha value is -1.40. The summed E-state index contributed by atoms with van der Waals surface area (Å²) in [5.74, 6) is -1.19. The van der Waals surface area contributed by atoms with E-state index in [-0.39, 0.29) is 12.3 Å². The summed E-state index contributed by atoms with van der Waals surface area (Å²) in [6.07, 6.45) is -0.186. The van der Waals surface area contributed by atoms with Crippen LogP contribution in [0.1, 0.15) is 12.0 Å². The number of carboxylic acid groups (broad SMARTS) is 1. The number of carboxylic acids is 1. The van der Waals surface area contributed by atoms with Gasteiger partial charge in [0.25, 0.3) is 0 Å². The molecular formula is C12H11NO3S2. The van der Waals surface area contributed by atoms with Gasteiger partial charge in [0.05, 0.1) is 13.0 Å². The van der Waals surface area contributed by atoms with E-state index in [4.69, 9.17) is 17.3 Å². The maximum Gasteiger partial charge on any atom is 0.305 e. The zero-order valence-electron chi connectivity index (χ0n) is 9.41. The zero-order valence-corrected chi connectivity index (χ0v) is 11.0. The average molecular weight is 281 g/mol. The monoisotopic (exact) mass is 281 g/mol. The number of benzene rings is 1. The second kappa shape index (κ2) is 5.49. The maximum absolute atomic E-state index is 12.0. The number of amides is 1. The highest BCUT2D eigenvalue weighted by Gasteiger charge is 2.37. The van der Waals surface area contributed by atoms with E-state index in [1.807, 2.05) is 30.3 Å². The third-order valence-electron chi connectivity index (χ3n) is 2.55. The molecule has 18 heavy (non-hydrogen) atoms. The summed E-state index contributed by atoms with van der Waals surface area (Å²) >= 11 is 6.28. The van der Waals surface area contributed by atoms with Crippen LogP contribution in [0.15, 0.2) is 30.3 Å². The fourth-order valence-corrected chi connectivity index (χ4v) is 3.18. The van der Waals surface area contributed by atoms with Gasteiger partial charge in [-0.3, -0.25) is 14.5 Å². The first-order valence-electron chi connectivity index (χ1n) is 5.35. The third kappa shape index (κ3) is 2.88. The topological polar surface area (TPSA) is 57.6 Å². The van der Waals surface area contributed by atoms with Crippen LogP contribution in [0.2, 0.25) is 0 Å². The largest absolute Gasteiger partial charge is 0.481 e. The van der Waals surface area contributed by atoms with Gasteiger partial charge in [-0.25, -0.2) is 0 Å². The van der Waals surface area contributed by atoms with Crippen LogP contribution in [-0.4, -0.2) is 31.5 Å². The number of aliphatic carboxylic acids is 1. The molecule has 1 N–H and O–H groups in total. The Balaban J connectivity index is 2.08. The molecule has 0 aromatic heterocycles. The Morgan fingerprint density at radius 2 is 2.06 bits per heavy atom. The number of hydrogen-bond donors (Lipinski definition) is 1. The van der Waals surface area contributed by atoms with Gasteiger partial charge in [0.1, 0.15) is 9.57 Å². The molecule has 0 saturated carbocycles. The summed E-state index contributed by atoms with van der Waals surface area (Å²) in [5.41, 5.74) is 0.977. The van der Waals surface area contributed by atoms with Crippen LogP contribution in [-0.2, 0) is 16.1 Å². The predicted molar refractivity (Wildman–Crippen MR) is 73.2 cm³/mol. The first-order chi connectivity index (χ1) is 8.58. The smallest absolute Gasteiger partial charge is 0.305 e. The quantitative estimate of drug-likeness (QED) is 0.854. The molecule has 2 rings (SSSR count). The molecule has 1 heterocycles. The van der Waals surface area contributed by atoms with Gasteiger partial charge in [-0.1, -0.05) is 54.3 Å². The minimum Gasteiger partial charge on any atom is -0.481 e. The second-order valence-corrected chi connectivity index (χ2v) is 5.72. The SMILES string of the molecule is O=C(O)C[C@H]1SC(=S)N(Cc2ccccc2)C1=O. The van der Waals surface area contributed by atoms with E-state index in [1.165, 1.54) is 4.90 Å². The molecule has 94 valence electrons. The van der Waals surface area contributed by atoms with Crippen LogP contribution < -0.4 is 0 Å². The molecule has 0 spiro atoms. The van der Waals surface area contributed by atoms with Crippen LogP contribution in [0.3, 0.4) is 0 Å². The van der Waals surface area contributed by atoms with E-state index in [2.05, 4.69) is 0 Å². The van der Waals surface area contributed by atoms with E-state index in [0.717, 1.165) is 17.3 Å². The van der Waals surface area contributed by atoms with Gasteiger partial charge in [0.15, 0.2) is 0 Å². The first-order valence-corrected chi connectivity index (χ1v) is 6.64. The first kappa shape index (κ1) is 13.0. The molecule has 1 aliphatic rings. The predicted octanol–water partition coefficient (Wildman–Crippen LogP) is 1.89. The molecule has 0 bridgehead atoms. The number of thiocarbonyl (C=S) groups is 1. The third-order valence-corrected chi connectivity index (χ3v) is 4.13. The van der Waals surface area contributed by atoms with Crippen molar-refractivity contribution in [1.82, 2.24) is 4.90 Å². The van der Waals surface area contributed by atoms with E-state index in [0.29, 0.717) is 10.9 Å². The molecule has 1 aromatic rings. The van der Waals surface area contributed by atoms with Gasteiger partial charge in [0, 0.05) is 0 Å². The molecule has 4 nitrogen and oxygen atoms in total. The highest BCUT2D eigenvalue weighted by atomic mass is 32.2. The Bertz CT molecular complexity index is 489. The van der Waals surface area contributed by atoms with Crippen LogP contribution in [0.25, 0.3) is 0 Å². The minimum atomic E-state index is -0.981. The molecule has 1 amide bonds. The number of hydrogen-bond acceptors (Lipinski definition) is 4. The summed E-state index contributed by atoms with van der Waals surface area (Å²) in [5, 5.41) is 8.14. The zero-order chi connectivity index (χ0) is 13.1. The van der Waals surface area contributed by atoms with Crippen molar-refractivity contribution in [2.75, 3.05) is 0 Å². The van der Waals surface area contributed by atoms with E-state index < -0.39 is 11.2 Å². The standard InChI is InChI=1S/C12H11NO3S2/c14-10(15)6-9-11(16)13(12(17)18-9)7-8-4-2-1-3-5-8/h1-5,9H,6-7H2,(H,14,15)/t9-/m1/s1. The van der Waals surface area contributed by atoms with Gasteiger partial charge in [-0.05, 0) is 5.56 Å². The maximum atomic E-state index is 12.0. The van der Waals surface area contributed by atoms with Gasteiger partial charge >= 0.3 is 5.97 Å². The van der Waals surface area contributed by atoms with Gasteiger partial charge < -0.3 is 5.11 Å². The summed E-state index contributed by atoms with van der Waals surface area (Å²) in [6, 6.07) is 9.49. The Morgan fingerprint density at radius 3 is 2.67 bits per heavy atom. The fraction of sp³-hybridized carbons (Fsp3) is 0.250. The highest BCUT2D eigenvalue weighted by molar-refractivity contribution is 8.24. The Kier molecular flexibility index (Phi) is 3.98. The van der Waals surface area contributed by atoms with Crippen molar-refractivity contribution in [2.24, 2.45) is 0 Å². The summed E-state index contributed by atoms with van der Waals surface area (Å²) in [6.45, 7) is 0.404. The lowest BCUT2D eigenvalue weighted by atomic mass is 10.2. The fourth-order valence-electron chi connectivity index (χ4n) is 1.70. The molecule has 0 radical (unpaired) electrons. The van der Waals surface area contributed by atoms with Crippen LogP contribution in [0.4, 0.5) is 0 Å². The van der Waals surface area contributed by atoms with Crippen LogP contribution >= 0.6 is 24.0 Å². The van der Waals surface area contributed by atoms with E-state index in [9.17, 15) is 9.59 Å². The molecule has 1 fully saturated rings. The van der Waals surface area contributed by atoms with E-state index >= 15 is 0 Å². The van der Waals surface area contributed by atoms with E-state index in [1.54, 1.807) is 0 Å². The average Bonchev–Trinajstić information content (AvgIpc) is 2.58. The van der Waals surface area contributed by atoms with Gasteiger partial charge in [0.2, 0.25) is 5.91 Å². The van der Waals surface area contributed by atoms with Gasteiger partial charge in [-0.15, -0.1) is 0 Å². The van der Waals surface area contributed by atoms with Crippen molar-refractivity contribution >= 4 is 40.2 Å². The number of carbonyl (C=O) groups is 2.